The van der Waals surface area contributed by atoms with Crippen LogP contribution in [-0.2, 0) is 11.2 Å². The molecule has 1 aliphatic rings. The molecule has 0 spiro atoms. The molecule has 0 fully saturated rings. The van der Waals surface area contributed by atoms with Crippen LogP contribution in [0.4, 0.5) is 0 Å². The first-order chi connectivity index (χ1) is 16.0. The predicted octanol–water partition coefficient (Wildman–Crippen LogP) is 4.82. The van der Waals surface area contributed by atoms with Gasteiger partial charge in [-0.05, 0) is 48.9 Å². The zero-order chi connectivity index (χ0) is 22.9. The highest BCUT2D eigenvalue weighted by molar-refractivity contribution is 6.04. The molecule has 0 radical (unpaired) electrons. The minimum absolute atomic E-state index is 0.132. The summed E-state index contributed by atoms with van der Waals surface area (Å²) in [4.78, 5) is 24.7. The van der Waals surface area contributed by atoms with E-state index in [1.807, 2.05) is 42.5 Å². The maximum Gasteiger partial charge on any atom is 0.307 e. The second-order valence-electron chi connectivity index (χ2n) is 8.17. The van der Waals surface area contributed by atoms with Crippen molar-refractivity contribution in [1.82, 2.24) is 4.57 Å². The number of carbonyl (C=O) groups is 2. The number of fused-ring (bicyclic) bond motifs is 2. The van der Waals surface area contributed by atoms with Crippen LogP contribution in [0.3, 0.4) is 0 Å². The molecule has 4 aromatic rings. The largest absolute Gasteiger partial charge is 0.493 e. The third-order valence-corrected chi connectivity index (χ3v) is 6.12. The molecular weight excluding hydrogens is 418 g/mol. The molecule has 0 aliphatic carbocycles. The van der Waals surface area contributed by atoms with Gasteiger partial charge >= 0.3 is 5.97 Å². The first-order valence-corrected chi connectivity index (χ1v) is 10.8. The fourth-order valence-electron chi connectivity index (χ4n) is 4.46. The Hall–Kier alpha value is -4.06. The molecule has 6 heteroatoms. The molecule has 0 bridgehead atoms. The van der Waals surface area contributed by atoms with Crippen molar-refractivity contribution < 1.29 is 24.2 Å². The molecule has 2 heterocycles. The van der Waals surface area contributed by atoms with Gasteiger partial charge in [0, 0.05) is 22.2 Å². The lowest BCUT2D eigenvalue weighted by Gasteiger charge is -2.12. The minimum Gasteiger partial charge on any atom is -0.493 e. The van der Waals surface area contributed by atoms with E-state index in [9.17, 15) is 14.7 Å². The van der Waals surface area contributed by atoms with E-state index in [2.05, 4.69) is 6.07 Å². The van der Waals surface area contributed by atoms with Gasteiger partial charge in [-0.2, -0.15) is 0 Å². The van der Waals surface area contributed by atoms with Crippen LogP contribution in [0.15, 0.2) is 72.8 Å². The Kier molecular flexibility index (Phi) is 5.34. The topological polar surface area (TPSA) is 77.8 Å². The number of hydrogen-bond donors (Lipinski definition) is 1. The van der Waals surface area contributed by atoms with Gasteiger partial charge in [-0.3, -0.25) is 14.2 Å². The first kappa shape index (κ1) is 20.8. The summed E-state index contributed by atoms with van der Waals surface area (Å²) in [5, 5.41) is 10.1. The number of ether oxygens (including phenoxy) is 2. The standard InChI is InChI=1S/C27H23NO5/c1-17-23(14-26(29)30)22-7-2-4-8-24(22)28(17)27(31)18-10-12-20(13-11-18)32-15-19-16-33-25-9-5-3-6-21(19)25/h2-13,19H,14-16H2,1H3,(H,29,30). The number of carbonyl (C=O) groups excluding carboxylic acids is 1. The van der Waals surface area contributed by atoms with Gasteiger partial charge in [-0.15, -0.1) is 0 Å². The number of hydrogen-bond acceptors (Lipinski definition) is 4. The zero-order valence-electron chi connectivity index (χ0n) is 18.2. The molecule has 166 valence electrons. The lowest BCUT2D eigenvalue weighted by molar-refractivity contribution is -0.136. The van der Waals surface area contributed by atoms with Gasteiger partial charge in [-0.25, -0.2) is 0 Å². The maximum atomic E-state index is 13.4. The Bertz CT molecular complexity index is 1350. The fourth-order valence-corrected chi connectivity index (χ4v) is 4.46. The molecule has 1 unspecified atom stereocenters. The number of carboxylic acid groups (broad SMARTS) is 1. The number of carboxylic acids is 1. The maximum absolute atomic E-state index is 13.4. The summed E-state index contributed by atoms with van der Waals surface area (Å²) >= 11 is 0. The van der Waals surface area contributed by atoms with Gasteiger partial charge in [0.2, 0.25) is 0 Å². The predicted molar refractivity (Wildman–Crippen MR) is 124 cm³/mol. The van der Waals surface area contributed by atoms with Crippen LogP contribution in [0.25, 0.3) is 10.9 Å². The van der Waals surface area contributed by atoms with E-state index in [0.29, 0.717) is 41.3 Å². The summed E-state index contributed by atoms with van der Waals surface area (Å²) < 4.78 is 13.3. The van der Waals surface area contributed by atoms with Crippen LogP contribution in [0.1, 0.15) is 33.1 Å². The van der Waals surface area contributed by atoms with Crippen LogP contribution in [0.2, 0.25) is 0 Å². The first-order valence-electron chi connectivity index (χ1n) is 10.8. The Morgan fingerprint density at radius 1 is 1.03 bits per heavy atom. The van der Waals surface area contributed by atoms with Gasteiger partial charge in [0.25, 0.3) is 5.91 Å². The number of nitrogens with zero attached hydrogens (tertiary/aromatic N) is 1. The van der Waals surface area contributed by atoms with E-state index in [1.54, 1.807) is 35.8 Å². The third kappa shape index (κ3) is 3.84. The number of rotatable bonds is 6. The van der Waals surface area contributed by atoms with E-state index in [1.165, 1.54) is 0 Å². The average molecular weight is 441 g/mol. The van der Waals surface area contributed by atoms with Gasteiger partial charge < -0.3 is 14.6 Å². The molecule has 0 saturated carbocycles. The quantitative estimate of drug-likeness (QED) is 0.464. The molecule has 5 rings (SSSR count). The molecule has 33 heavy (non-hydrogen) atoms. The van der Waals surface area contributed by atoms with E-state index in [-0.39, 0.29) is 18.2 Å². The smallest absolute Gasteiger partial charge is 0.307 e. The van der Waals surface area contributed by atoms with E-state index in [4.69, 9.17) is 9.47 Å². The Balaban J connectivity index is 1.36. The molecule has 1 aliphatic heterocycles. The van der Waals surface area contributed by atoms with Crippen LogP contribution in [0.5, 0.6) is 11.5 Å². The van der Waals surface area contributed by atoms with Crippen LogP contribution >= 0.6 is 0 Å². The molecule has 1 atom stereocenters. The fraction of sp³-hybridized carbons (Fsp3) is 0.185. The van der Waals surface area contributed by atoms with Crippen LogP contribution in [0, 0.1) is 6.92 Å². The second kappa shape index (κ2) is 8.47. The van der Waals surface area contributed by atoms with E-state index >= 15 is 0 Å². The summed E-state index contributed by atoms with van der Waals surface area (Å²) in [6, 6.07) is 22.4. The van der Waals surface area contributed by atoms with Gasteiger partial charge in [0.15, 0.2) is 0 Å². The number of benzene rings is 3. The number of aliphatic carboxylic acids is 1. The lowest BCUT2D eigenvalue weighted by Crippen LogP contribution is -2.14. The van der Waals surface area contributed by atoms with Crippen LogP contribution in [-0.4, -0.2) is 34.8 Å². The van der Waals surface area contributed by atoms with Crippen molar-refractivity contribution in [3.05, 3.63) is 95.2 Å². The monoisotopic (exact) mass is 441 g/mol. The van der Waals surface area contributed by atoms with E-state index in [0.717, 1.165) is 16.7 Å². The SMILES string of the molecule is Cc1c(CC(=O)O)c2ccccc2n1C(=O)c1ccc(OCC2COc3ccccc32)cc1. The molecule has 3 aromatic carbocycles. The van der Waals surface area contributed by atoms with Crippen molar-refractivity contribution >= 4 is 22.8 Å². The summed E-state index contributed by atoms with van der Waals surface area (Å²) in [6.45, 7) is 2.87. The Labute approximate surface area is 191 Å². The molecule has 1 N–H and O–H groups in total. The summed E-state index contributed by atoms with van der Waals surface area (Å²) in [6.07, 6.45) is -0.132. The van der Waals surface area contributed by atoms with Crippen molar-refractivity contribution in [3.8, 4) is 11.5 Å². The normalized spacial score (nSPS) is 14.6. The summed E-state index contributed by atoms with van der Waals surface area (Å²) in [5.41, 5.74) is 3.66. The minimum atomic E-state index is -0.926. The highest BCUT2D eigenvalue weighted by Crippen LogP contribution is 2.34. The second-order valence-corrected chi connectivity index (χ2v) is 8.17. The zero-order valence-corrected chi connectivity index (χ0v) is 18.2. The van der Waals surface area contributed by atoms with Crippen molar-refractivity contribution in [2.45, 2.75) is 19.3 Å². The number of para-hydroxylation sites is 2. The van der Waals surface area contributed by atoms with Gasteiger partial charge in [-0.1, -0.05) is 36.4 Å². The molecule has 1 aromatic heterocycles. The third-order valence-electron chi connectivity index (χ3n) is 6.12. The molecular formula is C27H23NO5. The van der Waals surface area contributed by atoms with Crippen molar-refractivity contribution in [2.75, 3.05) is 13.2 Å². The van der Waals surface area contributed by atoms with Crippen molar-refractivity contribution in [1.29, 1.82) is 0 Å². The van der Waals surface area contributed by atoms with Gasteiger partial charge in [0.05, 0.1) is 31.1 Å². The van der Waals surface area contributed by atoms with E-state index < -0.39 is 5.97 Å². The Morgan fingerprint density at radius 2 is 1.76 bits per heavy atom. The molecule has 0 saturated heterocycles. The highest BCUT2D eigenvalue weighted by Gasteiger charge is 2.24. The Morgan fingerprint density at radius 3 is 2.55 bits per heavy atom. The number of aromatic nitrogens is 1. The molecule has 6 nitrogen and oxygen atoms in total. The summed E-state index contributed by atoms with van der Waals surface area (Å²) in [7, 11) is 0. The van der Waals surface area contributed by atoms with Crippen LogP contribution < -0.4 is 9.47 Å². The van der Waals surface area contributed by atoms with Crippen molar-refractivity contribution in [2.24, 2.45) is 0 Å². The molecule has 0 amide bonds. The van der Waals surface area contributed by atoms with Gasteiger partial charge in [0.1, 0.15) is 11.5 Å². The summed E-state index contributed by atoms with van der Waals surface area (Å²) in [5.74, 6) is 0.625. The average Bonchev–Trinajstić information content (AvgIpc) is 3.36. The van der Waals surface area contributed by atoms with Crippen molar-refractivity contribution in [3.63, 3.8) is 0 Å². The lowest BCUT2D eigenvalue weighted by atomic mass is 10.0. The highest BCUT2D eigenvalue weighted by atomic mass is 16.5.